The van der Waals surface area contributed by atoms with E-state index in [2.05, 4.69) is 9.69 Å². The minimum Gasteiger partial charge on any atom is -0.497 e. The van der Waals surface area contributed by atoms with Gasteiger partial charge in [-0.3, -0.25) is 19.3 Å². The molecular weight excluding hydrogens is 510 g/mol. The minimum atomic E-state index is -1.11. The molecule has 1 fully saturated rings. The van der Waals surface area contributed by atoms with Crippen LogP contribution in [0.25, 0.3) is 0 Å². The van der Waals surface area contributed by atoms with E-state index in [0.29, 0.717) is 35.9 Å². The summed E-state index contributed by atoms with van der Waals surface area (Å²) in [7, 11) is 3.07. The summed E-state index contributed by atoms with van der Waals surface area (Å²) in [6, 6.07) is 12.4. The van der Waals surface area contributed by atoms with E-state index in [1.54, 1.807) is 48.5 Å². The molecule has 2 aromatic carbocycles. The summed E-state index contributed by atoms with van der Waals surface area (Å²) in [5.41, 5.74) is 12.1. The van der Waals surface area contributed by atoms with Crippen molar-refractivity contribution >= 4 is 40.6 Å². The quantitative estimate of drug-likeness (QED) is 0.354. The molecule has 0 radical (unpaired) electrons. The number of carbonyl (C=O) groups excluding carboxylic acids is 3. The molecule has 38 heavy (non-hydrogen) atoms. The van der Waals surface area contributed by atoms with E-state index < -0.39 is 23.8 Å². The van der Waals surface area contributed by atoms with E-state index >= 15 is 0 Å². The average molecular weight is 540 g/mol. The Labute approximate surface area is 223 Å². The largest absolute Gasteiger partial charge is 0.497 e. The fraction of sp³-hybridized carbons (Fsp3) is 0.308. The third kappa shape index (κ3) is 5.71. The van der Waals surface area contributed by atoms with Gasteiger partial charge in [0.15, 0.2) is 5.69 Å². The van der Waals surface area contributed by atoms with Gasteiger partial charge in [-0.05, 0) is 66.3 Å². The molecule has 3 aromatic rings. The van der Waals surface area contributed by atoms with E-state index in [1.807, 2.05) is 0 Å². The normalized spacial score (nSPS) is 15.5. The Hall–Kier alpha value is -4.16. The molecule has 1 aromatic heterocycles. The molecule has 0 saturated carbocycles. The lowest BCUT2D eigenvalue weighted by molar-refractivity contribution is -0.123. The Bertz CT molecular complexity index is 1290. The van der Waals surface area contributed by atoms with Crippen molar-refractivity contribution < 1.29 is 28.6 Å². The summed E-state index contributed by atoms with van der Waals surface area (Å²) in [6.45, 7) is 0.941. The predicted octanol–water partition coefficient (Wildman–Crippen LogP) is 2.52. The number of anilines is 2. The zero-order chi connectivity index (χ0) is 27.2. The maximum Gasteiger partial charge on any atom is 0.273 e. The number of ether oxygens (including phenoxy) is 3. The number of methoxy groups -OCH3 is 2. The van der Waals surface area contributed by atoms with E-state index in [0.717, 1.165) is 24.4 Å². The third-order valence-corrected chi connectivity index (χ3v) is 7.04. The molecule has 200 valence electrons. The van der Waals surface area contributed by atoms with E-state index in [9.17, 15) is 14.4 Å². The number of hydrogen-bond acceptors (Lipinski definition) is 9. The molecule has 0 bridgehead atoms. The number of hydrogen-bond donors (Lipinski definition) is 3. The molecule has 4 rings (SSSR count). The fourth-order valence-corrected chi connectivity index (χ4v) is 4.93. The van der Waals surface area contributed by atoms with Gasteiger partial charge in [-0.2, -0.15) is 4.37 Å². The molecule has 2 heterocycles. The number of rotatable bonds is 10. The Balaban J connectivity index is 1.80. The molecule has 11 nitrogen and oxygen atoms in total. The molecule has 1 saturated heterocycles. The van der Waals surface area contributed by atoms with Crippen LogP contribution >= 0.6 is 11.5 Å². The first-order valence-corrected chi connectivity index (χ1v) is 12.7. The van der Waals surface area contributed by atoms with Gasteiger partial charge in [-0.1, -0.05) is 12.1 Å². The second kappa shape index (κ2) is 11.9. The first-order chi connectivity index (χ1) is 18.3. The number of nitrogen functional groups attached to an aromatic ring is 1. The summed E-state index contributed by atoms with van der Waals surface area (Å²) in [5, 5.41) is 2.94. The number of benzene rings is 2. The summed E-state index contributed by atoms with van der Waals surface area (Å²) in [6.07, 6.45) is 1.66. The molecule has 0 unspecified atom stereocenters. The van der Waals surface area contributed by atoms with E-state index in [-0.39, 0.29) is 22.4 Å². The van der Waals surface area contributed by atoms with Crippen molar-refractivity contribution in [3.8, 4) is 11.5 Å². The number of primary amides is 1. The van der Waals surface area contributed by atoms with Gasteiger partial charge in [-0.25, -0.2) is 0 Å². The summed E-state index contributed by atoms with van der Waals surface area (Å²) >= 11 is 0.744. The molecule has 2 atom stereocenters. The molecule has 1 aliphatic rings. The van der Waals surface area contributed by atoms with Crippen LogP contribution in [0, 0.1) is 0 Å². The van der Waals surface area contributed by atoms with Crippen molar-refractivity contribution in [3.63, 3.8) is 0 Å². The summed E-state index contributed by atoms with van der Waals surface area (Å²) in [5.74, 6) is -0.737. The van der Waals surface area contributed by atoms with Gasteiger partial charge in [0.05, 0.1) is 26.0 Å². The number of nitrogens with zero attached hydrogens (tertiary/aromatic N) is 2. The third-order valence-electron chi connectivity index (χ3n) is 6.19. The number of nitrogens with two attached hydrogens (primary N) is 2. The van der Waals surface area contributed by atoms with Gasteiger partial charge in [0.1, 0.15) is 22.4 Å². The lowest BCUT2D eigenvalue weighted by Crippen LogP contribution is -2.45. The zero-order valence-electron chi connectivity index (χ0n) is 21.0. The van der Waals surface area contributed by atoms with Gasteiger partial charge in [-0.15, -0.1) is 0 Å². The molecule has 12 heteroatoms. The molecule has 1 aliphatic heterocycles. The van der Waals surface area contributed by atoms with Crippen LogP contribution < -0.4 is 31.2 Å². The smallest absolute Gasteiger partial charge is 0.273 e. The number of nitrogens with one attached hydrogen (secondary N) is 1. The second-order valence-corrected chi connectivity index (χ2v) is 9.34. The highest BCUT2D eigenvalue weighted by atomic mass is 32.1. The molecular formula is C26H29N5O6S. The lowest BCUT2D eigenvalue weighted by Gasteiger charge is -2.31. The van der Waals surface area contributed by atoms with Crippen molar-refractivity contribution in [2.45, 2.75) is 25.0 Å². The zero-order valence-corrected chi connectivity index (χ0v) is 21.8. The maximum atomic E-state index is 14.1. The van der Waals surface area contributed by atoms with Crippen LogP contribution in [0.5, 0.6) is 11.5 Å². The predicted molar refractivity (Wildman–Crippen MR) is 143 cm³/mol. The summed E-state index contributed by atoms with van der Waals surface area (Å²) < 4.78 is 20.2. The van der Waals surface area contributed by atoms with E-state index in [1.165, 1.54) is 19.1 Å². The van der Waals surface area contributed by atoms with Crippen molar-refractivity contribution in [3.05, 3.63) is 64.7 Å². The lowest BCUT2D eigenvalue weighted by atomic mass is 10.0. The molecule has 0 spiro atoms. The van der Waals surface area contributed by atoms with Crippen LogP contribution in [0.2, 0.25) is 0 Å². The number of carbonyl (C=O) groups is 3. The van der Waals surface area contributed by atoms with Gasteiger partial charge in [0.2, 0.25) is 5.91 Å². The average Bonchev–Trinajstić information content (AvgIpc) is 3.60. The van der Waals surface area contributed by atoms with E-state index in [4.69, 9.17) is 25.7 Å². The van der Waals surface area contributed by atoms with Crippen LogP contribution in [-0.4, -0.2) is 55.6 Å². The van der Waals surface area contributed by atoms with Crippen molar-refractivity contribution in [1.82, 2.24) is 9.69 Å². The van der Waals surface area contributed by atoms with Crippen molar-refractivity contribution in [2.75, 3.05) is 38.0 Å². The topological polar surface area (TPSA) is 159 Å². The highest BCUT2D eigenvalue weighted by Crippen LogP contribution is 2.34. The Kier molecular flexibility index (Phi) is 8.44. The number of aromatic nitrogens is 1. The van der Waals surface area contributed by atoms with Gasteiger partial charge >= 0.3 is 0 Å². The number of amides is 3. The Morgan fingerprint density at radius 1 is 1.11 bits per heavy atom. The highest BCUT2D eigenvalue weighted by molar-refractivity contribution is 7.09. The van der Waals surface area contributed by atoms with Crippen molar-refractivity contribution in [1.29, 1.82) is 0 Å². The molecule has 0 aliphatic carbocycles. The van der Waals surface area contributed by atoms with Crippen molar-refractivity contribution in [2.24, 2.45) is 5.73 Å². The fourth-order valence-electron chi connectivity index (χ4n) is 4.19. The maximum absolute atomic E-state index is 14.1. The Morgan fingerprint density at radius 3 is 2.26 bits per heavy atom. The van der Waals surface area contributed by atoms with Crippen LogP contribution in [0.15, 0.2) is 48.5 Å². The first kappa shape index (κ1) is 26.9. The van der Waals surface area contributed by atoms with Crippen LogP contribution in [0.3, 0.4) is 0 Å². The van der Waals surface area contributed by atoms with Crippen LogP contribution in [-0.2, 0) is 9.53 Å². The highest BCUT2D eigenvalue weighted by Gasteiger charge is 2.36. The molecule has 3 amide bonds. The van der Waals surface area contributed by atoms with Gasteiger partial charge in [0.25, 0.3) is 11.8 Å². The standard InChI is InChI=1S/C26H29N5O6S/c1-35-17-9-5-15(6-10-17)22(25(33)29-14-19-4-3-13-37-19)31(16-7-11-18(36-2)12-8-16)26(34)23-20(27)21(24(28)32)30-38-23/h5-12,19,22H,3-4,13-14,27H2,1-2H3,(H2,28,32)(H,29,33)/t19-,22+/m1/s1. The van der Waals surface area contributed by atoms with Crippen LogP contribution in [0.1, 0.15) is 44.6 Å². The second-order valence-electron chi connectivity index (χ2n) is 8.57. The summed E-state index contributed by atoms with van der Waals surface area (Å²) in [4.78, 5) is 40.9. The van der Waals surface area contributed by atoms with Gasteiger partial charge < -0.3 is 31.0 Å². The molecule has 5 N–H and O–H groups in total. The van der Waals surface area contributed by atoms with Gasteiger partial charge in [0, 0.05) is 18.8 Å². The monoisotopic (exact) mass is 539 g/mol. The van der Waals surface area contributed by atoms with Crippen LogP contribution in [0.4, 0.5) is 11.4 Å². The SMILES string of the molecule is COc1ccc([C@@H](C(=O)NC[C@H]2CCCO2)N(C(=O)c2snc(C(N)=O)c2N)c2ccc(OC)cc2)cc1. The Morgan fingerprint density at radius 2 is 1.74 bits per heavy atom. The first-order valence-electron chi connectivity index (χ1n) is 11.9. The minimum absolute atomic E-state index is 0.0138.